The fourth-order valence-electron chi connectivity index (χ4n) is 3.58. The van der Waals surface area contributed by atoms with Crippen LogP contribution in [0.4, 0.5) is 4.79 Å². The molecule has 1 saturated carbocycles. The quantitative estimate of drug-likeness (QED) is 0.842. The van der Waals surface area contributed by atoms with Crippen LogP contribution in [0.2, 0.25) is 0 Å². The molecule has 0 spiro atoms. The van der Waals surface area contributed by atoms with E-state index < -0.39 is 5.60 Å². The molecular weight excluding hydrogens is 292 g/mol. The van der Waals surface area contributed by atoms with Crippen LogP contribution in [0.15, 0.2) is 0 Å². The van der Waals surface area contributed by atoms with Crippen molar-refractivity contribution in [1.82, 2.24) is 10.2 Å². The highest BCUT2D eigenvalue weighted by Crippen LogP contribution is 2.26. The summed E-state index contributed by atoms with van der Waals surface area (Å²) in [4.78, 5) is 14.4. The number of nitrogens with one attached hydrogen (secondary N) is 1. The van der Waals surface area contributed by atoms with Crippen LogP contribution in [0.1, 0.15) is 66.2 Å². The second kappa shape index (κ2) is 7.84. The summed E-state index contributed by atoms with van der Waals surface area (Å²) in [5, 5.41) is 3.68. The summed E-state index contributed by atoms with van der Waals surface area (Å²) in [7, 11) is 1.78. The first-order chi connectivity index (χ1) is 10.8. The third kappa shape index (κ3) is 5.64. The van der Waals surface area contributed by atoms with E-state index in [1.165, 1.54) is 6.42 Å². The van der Waals surface area contributed by atoms with Gasteiger partial charge in [0.2, 0.25) is 0 Å². The highest BCUT2D eigenvalue weighted by atomic mass is 16.6. The molecule has 1 aliphatic heterocycles. The minimum absolute atomic E-state index is 0.155. The number of likely N-dealkylation sites (tertiary alicyclic amines) is 1. The molecule has 0 aromatic heterocycles. The number of ether oxygens (including phenoxy) is 2. The second-order valence-corrected chi connectivity index (χ2v) is 8.15. The minimum Gasteiger partial charge on any atom is -0.444 e. The summed E-state index contributed by atoms with van der Waals surface area (Å²) >= 11 is 0. The first kappa shape index (κ1) is 18.5. The molecule has 2 fully saturated rings. The molecule has 5 heteroatoms. The zero-order valence-electron chi connectivity index (χ0n) is 15.4. The average molecular weight is 326 g/mol. The van der Waals surface area contributed by atoms with Crippen LogP contribution in [-0.2, 0) is 9.47 Å². The van der Waals surface area contributed by atoms with Crippen LogP contribution < -0.4 is 5.32 Å². The Balaban J connectivity index is 1.82. The number of hydrogen-bond donors (Lipinski definition) is 1. The Hall–Kier alpha value is -0.810. The third-order valence-electron chi connectivity index (χ3n) is 4.83. The normalized spacial score (nSPS) is 29.8. The van der Waals surface area contributed by atoms with Crippen molar-refractivity contribution in [2.75, 3.05) is 13.7 Å². The molecule has 1 amide bonds. The van der Waals surface area contributed by atoms with Gasteiger partial charge in [-0.3, -0.25) is 0 Å². The van der Waals surface area contributed by atoms with Gasteiger partial charge in [-0.2, -0.15) is 0 Å². The van der Waals surface area contributed by atoms with E-state index in [9.17, 15) is 4.79 Å². The molecule has 2 rings (SSSR count). The van der Waals surface area contributed by atoms with Crippen molar-refractivity contribution in [3.63, 3.8) is 0 Å². The second-order valence-electron chi connectivity index (χ2n) is 8.15. The van der Waals surface area contributed by atoms with Crippen LogP contribution >= 0.6 is 0 Å². The highest BCUT2D eigenvalue weighted by molar-refractivity contribution is 5.68. The summed E-state index contributed by atoms with van der Waals surface area (Å²) in [6.07, 6.45) is 6.82. The standard InChI is InChI=1S/C18H34N2O3/c1-13(19-14-11-16(12-14)22-5)10-15-8-6-7-9-20(15)17(21)23-18(2,3)4/h13-16,19H,6-12H2,1-5H3. The average Bonchev–Trinajstić information content (AvgIpc) is 2.41. The SMILES string of the molecule is COC1CC(NC(C)CC2CCCCN2C(=O)OC(C)(C)C)C1. The lowest BCUT2D eigenvalue weighted by Crippen LogP contribution is -2.52. The van der Waals surface area contributed by atoms with E-state index >= 15 is 0 Å². The topological polar surface area (TPSA) is 50.8 Å². The van der Waals surface area contributed by atoms with Gasteiger partial charge >= 0.3 is 6.09 Å². The minimum atomic E-state index is -0.427. The molecular formula is C18H34N2O3. The molecule has 5 nitrogen and oxygen atoms in total. The van der Waals surface area contributed by atoms with Gasteiger partial charge in [-0.15, -0.1) is 0 Å². The van der Waals surface area contributed by atoms with Crippen LogP contribution in [-0.4, -0.2) is 54.5 Å². The van der Waals surface area contributed by atoms with E-state index in [0.29, 0.717) is 24.2 Å². The molecule has 1 aliphatic carbocycles. The Morgan fingerprint density at radius 3 is 2.61 bits per heavy atom. The van der Waals surface area contributed by atoms with Crippen molar-refractivity contribution < 1.29 is 14.3 Å². The van der Waals surface area contributed by atoms with Crippen LogP contribution in [0, 0.1) is 0 Å². The lowest BCUT2D eigenvalue weighted by molar-refractivity contribution is 0.00380. The summed E-state index contributed by atoms with van der Waals surface area (Å²) in [5.74, 6) is 0. The molecule has 1 N–H and O–H groups in total. The van der Waals surface area contributed by atoms with Gasteiger partial charge in [-0.1, -0.05) is 0 Å². The summed E-state index contributed by atoms with van der Waals surface area (Å²) in [5.41, 5.74) is -0.427. The number of rotatable bonds is 5. The van der Waals surface area contributed by atoms with Crippen molar-refractivity contribution in [1.29, 1.82) is 0 Å². The maximum atomic E-state index is 12.4. The smallest absolute Gasteiger partial charge is 0.410 e. The lowest BCUT2D eigenvalue weighted by Gasteiger charge is -2.40. The van der Waals surface area contributed by atoms with E-state index in [2.05, 4.69) is 12.2 Å². The molecule has 23 heavy (non-hydrogen) atoms. The number of nitrogens with zero attached hydrogens (tertiary/aromatic N) is 1. The Labute approximate surface area is 141 Å². The number of hydrogen-bond acceptors (Lipinski definition) is 4. The molecule has 0 aromatic carbocycles. The molecule has 0 radical (unpaired) electrons. The summed E-state index contributed by atoms with van der Waals surface area (Å²) in [6, 6.07) is 1.26. The van der Waals surface area contributed by atoms with Crippen molar-refractivity contribution in [2.45, 2.75) is 96.1 Å². The van der Waals surface area contributed by atoms with Gasteiger partial charge in [0.1, 0.15) is 5.60 Å². The first-order valence-electron chi connectivity index (χ1n) is 9.07. The van der Waals surface area contributed by atoms with Gasteiger partial charge in [-0.25, -0.2) is 4.79 Å². The molecule has 1 saturated heterocycles. The van der Waals surface area contributed by atoms with Gasteiger partial charge in [0.05, 0.1) is 6.10 Å². The van der Waals surface area contributed by atoms with E-state index in [1.807, 2.05) is 25.7 Å². The monoisotopic (exact) mass is 326 g/mol. The van der Waals surface area contributed by atoms with E-state index in [4.69, 9.17) is 9.47 Å². The van der Waals surface area contributed by atoms with Gasteiger partial charge in [-0.05, 0) is 66.2 Å². The predicted octanol–water partition coefficient (Wildman–Crippen LogP) is 3.32. The molecule has 134 valence electrons. The predicted molar refractivity (Wildman–Crippen MR) is 91.6 cm³/mol. The number of methoxy groups -OCH3 is 1. The zero-order chi connectivity index (χ0) is 17.0. The first-order valence-corrected chi connectivity index (χ1v) is 9.07. The fraction of sp³-hybridized carbons (Fsp3) is 0.944. The van der Waals surface area contributed by atoms with Crippen molar-refractivity contribution in [2.24, 2.45) is 0 Å². The Morgan fingerprint density at radius 2 is 2.00 bits per heavy atom. The fourth-order valence-corrected chi connectivity index (χ4v) is 3.58. The zero-order valence-corrected chi connectivity index (χ0v) is 15.4. The van der Waals surface area contributed by atoms with Gasteiger partial charge in [0, 0.05) is 31.8 Å². The van der Waals surface area contributed by atoms with Crippen molar-refractivity contribution in [3.05, 3.63) is 0 Å². The maximum Gasteiger partial charge on any atom is 0.410 e. The molecule has 2 unspecified atom stereocenters. The molecule has 2 atom stereocenters. The van der Waals surface area contributed by atoms with Gasteiger partial charge in [0.25, 0.3) is 0 Å². The number of piperidine rings is 1. The Morgan fingerprint density at radius 1 is 1.30 bits per heavy atom. The molecule has 0 bridgehead atoms. The van der Waals surface area contributed by atoms with Crippen LogP contribution in [0.5, 0.6) is 0 Å². The highest BCUT2D eigenvalue weighted by Gasteiger charge is 2.33. The Kier molecular flexibility index (Phi) is 6.32. The van der Waals surface area contributed by atoms with Crippen LogP contribution in [0.25, 0.3) is 0 Å². The number of carbonyl (C=O) groups is 1. The van der Waals surface area contributed by atoms with E-state index in [0.717, 1.165) is 38.6 Å². The number of amides is 1. The number of carbonyl (C=O) groups excluding carboxylic acids is 1. The summed E-state index contributed by atoms with van der Waals surface area (Å²) in [6.45, 7) is 8.83. The lowest BCUT2D eigenvalue weighted by atomic mass is 9.88. The molecule has 2 aliphatic rings. The Bertz CT molecular complexity index is 388. The molecule has 1 heterocycles. The van der Waals surface area contributed by atoms with Crippen molar-refractivity contribution >= 4 is 6.09 Å². The van der Waals surface area contributed by atoms with Gasteiger partial charge in [0.15, 0.2) is 0 Å². The third-order valence-corrected chi connectivity index (χ3v) is 4.83. The van der Waals surface area contributed by atoms with Crippen molar-refractivity contribution in [3.8, 4) is 0 Å². The van der Waals surface area contributed by atoms with Gasteiger partial charge < -0.3 is 19.7 Å². The molecule has 0 aromatic rings. The summed E-state index contributed by atoms with van der Waals surface area (Å²) < 4.78 is 10.9. The van der Waals surface area contributed by atoms with Crippen LogP contribution in [0.3, 0.4) is 0 Å². The van der Waals surface area contributed by atoms with E-state index in [1.54, 1.807) is 7.11 Å². The van der Waals surface area contributed by atoms with E-state index in [-0.39, 0.29) is 6.09 Å². The maximum absolute atomic E-state index is 12.4. The largest absolute Gasteiger partial charge is 0.444 e.